The van der Waals surface area contributed by atoms with Crippen LogP contribution < -0.4 is 0 Å². The van der Waals surface area contributed by atoms with Crippen molar-refractivity contribution in [2.75, 3.05) is 7.11 Å². The zero-order valence-corrected chi connectivity index (χ0v) is 9.97. The molecule has 18 heavy (non-hydrogen) atoms. The average molecular weight is 245 g/mol. The van der Waals surface area contributed by atoms with E-state index in [2.05, 4.69) is 4.74 Å². The van der Waals surface area contributed by atoms with Crippen molar-refractivity contribution >= 4 is 28.9 Å². The van der Waals surface area contributed by atoms with E-state index in [1.54, 1.807) is 36.0 Å². The van der Waals surface area contributed by atoms with E-state index in [4.69, 9.17) is 0 Å². The molecule has 0 saturated heterocycles. The first-order valence-electron chi connectivity index (χ1n) is 5.25. The first-order chi connectivity index (χ1) is 8.58. The molecule has 0 aliphatic carbocycles. The van der Waals surface area contributed by atoms with Crippen molar-refractivity contribution in [3.05, 3.63) is 35.5 Å². The number of fused-ring (bicyclic) bond motifs is 1. The number of aldehydes is 1. The van der Waals surface area contributed by atoms with Gasteiger partial charge in [-0.15, -0.1) is 0 Å². The molecule has 1 aromatic carbocycles. The fourth-order valence-corrected chi connectivity index (χ4v) is 1.89. The Balaban J connectivity index is 2.66. The van der Waals surface area contributed by atoms with Gasteiger partial charge in [0.15, 0.2) is 6.29 Å². The lowest BCUT2D eigenvalue weighted by atomic mass is 10.1. The molecule has 2 aromatic rings. The van der Waals surface area contributed by atoms with Gasteiger partial charge < -0.3 is 9.30 Å². The zero-order chi connectivity index (χ0) is 13.3. The number of Topliss-reactive ketones (excluding diaryl/α,β-unsaturated/α-hetero) is 1. The van der Waals surface area contributed by atoms with Crippen molar-refractivity contribution in [2.45, 2.75) is 0 Å². The van der Waals surface area contributed by atoms with Gasteiger partial charge in [-0.05, 0) is 12.1 Å². The van der Waals surface area contributed by atoms with Crippen molar-refractivity contribution in [1.82, 2.24) is 4.57 Å². The number of ether oxygens (including phenoxy) is 1. The Morgan fingerprint density at radius 3 is 2.67 bits per heavy atom. The van der Waals surface area contributed by atoms with E-state index >= 15 is 0 Å². The summed E-state index contributed by atoms with van der Waals surface area (Å²) < 4.78 is 6.32. The summed E-state index contributed by atoms with van der Waals surface area (Å²) in [5.74, 6) is -1.02. The first kappa shape index (κ1) is 12.0. The number of rotatable bonds is 3. The monoisotopic (exact) mass is 245 g/mol. The molecule has 5 heteroatoms. The van der Waals surface area contributed by atoms with Gasteiger partial charge in [0.1, 0.15) is 0 Å². The molecule has 2 rings (SSSR count). The maximum atomic E-state index is 11.4. The molecule has 0 amide bonds. The second-order valence-corrected chi connectivity index (χ2v) is 3.86. The lowest BCUT2D eigenvalue weighted by Gasteiger charge is -2.01. The normalized spacial score (nSPS) is 10.3. The minimum absolute atomic E-state index is 0.281. The van der Waals surface area contributed by atoms with Gasteiger partial charge in [-0.1, -0.05) is 6.07 Å². The van der Waals surface area contributed by atoms with Crippen LogP contribution in [0.1, 0.15) is 20.7 Å². The van der Waals surface area contributed by atoms with Gasteiger partial charge >= 0.3 is 5.97 Å². The third-order valence-corrected chi connectivity index (χ3v) is 2.78. The summed E-state index contributed by atoms with van der Waals surface area (Å²) in [6.07, 6.45) is 1.85. The van der Waals surface area contributed by atoms with Gasteiger partial charge in [0.2, 0.25) is 5.78 Å². The lowest BCUT2D eigenvalue weighted by Crippen LogP contribution is -2.01. The number of methoxy groups -OCH3 is 1. The molecule has 0 N–H and O–H groups in total. The molecule has 0 unspecified atom stereocenters. The maximum absolute atomic E-state index is 11.4. The molecule has 1 heterocycles. The Hall–Kier alpha value is -2.43. The van der Waals surface area contributed by atoms with Crippen molar-refractivity contribution in [3.63, 3.8) is 0 Å². The lowest BCUT2D eigenvalue weighted by molar-refractivity contribution is -0.104. The maximum Gasteiger partial charge on any atom is 0.337 e. The summed E-state index contributed by atoms with van der Waals surface area (Å²) in [7, 11) is 3.05. The Morgan fingerprint density at radius 2 is 2.06 bits per heavy atom. The number of aryl methyl sites for hydroxylation is 1. The molecule has 0 aliphatic heterocycles. The molecule has 0 saturated carbocycles. The number of carbonyl (C=O) groups is 3. The van der Waals surface area contributed by atoms with Crippen LogP contribution in [0.15, 0.2) is 24.4 Å². The van der Waals surface area contributed by atoms with Gasteiger partial charge in [0.25, 0.3) is 0 Å². The Morgan fingerprint density at radius 1 is 1.33 bits per heavy atom. The van der Waals surface area contributed by atoms with Gasteiger partial charge in [-0.3, -0.25) is 9.59 Å². The standard InChI is InChI=1S/C13H11NO4/c1-14-6-10(12(16)7-15)9-4-3-8(5-11(9)14)13(17)18-2/h3-7H,1-2H3. The largest absolute Gasteiger partial charge is 0.465 e. The van der Waals surface area contributed by atoms with Gasteiger partial charge in [0, 0.05) is 24.1 Å². The SMILES string of the molecule is COC(=O)c1ccc2c(C(=O)C=O)cn(C)c2c1. The number of hydrogen-bond acceptors (Lipinski definition) is 4. The Kier molecular flexibility index (Phi) is 2.97. The van der Waals surface area contributed by atoms with Crippen molar-refractivity contribution < 1.29 is 19.1 Å². The molecule has 5 nitrogen and oxygen atoms in total. The van der Waals surface area contributed by atoms with Crippen molar-refractivity contribution in [1.29, 1.82) is 0 Å². The number of ketones is 1. The number of hydrogen-bond donors (Lipinski definition) is 0. The number of esters is 1. The number of benzene rings is 1. The molecule has 0 aliphatic rings. The molecule has 0 fully saturated rings. The molecule has 92 valence electrons. The molecular weight excluding hydrogens is 234 g/mol. The predicted molar refractivity (Wildman–Crippen MR) is 64.7 cm³/mol. The van der Waals surface area contributed by atoms with Gasteiger partial charge in [-0.2, -0.15) is 0 Å². The smallest absolute Gasteiger partial charge is 0.337 e. The second-order valence-electron chi connectivity index (χ2n) is 3.86. The molecule has 1 aromatic heterocycles. The van der Waals surface area contributed by atoms with Crippen LogP contribution >= 0.6 is 0 Å². The summed E-state index contributed by atoms with van der Waals surface area (Å²) in [6.45, 7) is 0. The number of nitrogens with zero attached hydrogens (tertiary/aromatic N) is 1. The predicted octanol–water partition coefficient (Wildman–Crippen LogP) is 1.35. The van der Waals surface area contributed by atoms with E-state index in [-0.39, 0.29) is 6.29 Å². The molecule has 0 spiro atoms. The Bertz CT molecular complexity index is 654. The van der Waals surface area contributed by atoms with E-state index in [0.29, 0.717) is 22.0 Å². The van der Waals surface area contributed by atoms with Crippen LogP contribution in [0.2, 0.25) is 0 Å². The van der Waals surface area contributed by atoms with Crippen LogP contribution in [0.3, 0.4) is 0 Å². The highest BCUT2D eigenvalue weighted by atomic mass is 16.5. The summed E-state index contributed by atoms with van der Waals surface area (Å²) in [4.78, 5) is 33.4. The fraction of sp³-hybridized carbons (Fsp3) is 0.154. The highest BCUT2D eigenvalue weighted by molar-refractivity contribution is 6.36. The van der Waals surface area contributed by atoms with Crippen LogP contribution in [0.4, 0.5) is 0 Å². The van der Waals surface area contributed by atoms with E-state index < -0.39 is 11.8 Å². The van der Waals surface area contributed by atoms with Crippen LogP contribution in [0.5, 0.6) is 0 Å². The van der Waals surface area contributed by atoms with Crippen LogP contribution in [0, 0.1) is 0 Å². The van der Waals surface area contributed by atoms with E-state index in [9.17, 15) is 14.4 Å². The fourth-order valence-electron chi connectivity index (χ4n) is 1.89. The average Bonchev–Trinajstić information content (AvgIpc) is 2.74. The van der Waals surface area contributed by atoms with Gasteiger partial charge in [-0.25, -0.2) is 4.79 Å². The first-order valence-corrected chi connectivity index (χ1v) is 5.25. The van der Waals surface area contributed by atoms with Crippen LogP contribution in [-0.2, 0) is 16.6 Å². The summed E-state index contributed by atoms with van der Waals surface area (Å²) in [5.41, 5.74) is 1.43. The summed E-state index contributed by atoms with van der Waals surface area (Å²) >= 11 is 0. The molecule has 0 radical (unpaired) electrons. The van der Waals surface area contributed by atoms with Crippen molar-refractivity contribution in [3.8, 4) is 0 Å². The highest BCUT2D eigenvalue weighted by Gasteiger charge is 2.15. The van der Waals surface area contributed by atoms with Gasteiger partial charge in [0.05, 0.1) is 18.2 Å². The number of aromatic nitrogens is 1. The third-order valence-electron chi connectivity index (χ3n) is 2.78. The molecule has 0 atom stereocenters. The molecule has 0 bridgehead atoms. The quantitative estimate of drug-likeness (QED) is 0.354. The Labute approximate surface area is 103 Å². The topological polar surface area (TPSA) is 65.4 Å². The third kappa shape index (κ3) is 1.79. The number of carbonyl (C=O) groups excluding carboxylic acids is 3. The van der Waals surface area contributed by atoms with E-state index in [1.807, 2.05) is 0 Å². The zero-order valence-electron chi connectivity index (χ0n) is 9.97. The highest BCUT2D eigenvalue weighted by Crippen LogP contribution is 2.22. The second kappa shape index (κ2) is 4.44. The van der Waals surface area contributed by atoms with E-state index in [0.717, 1.165) is 0 Å². The molecular formula is C13H11NO4. The van der Waals surface area contributed by atoms with Crippen LogP contribution in [0.25, 0.3) is 10.9 Å². The summed E-state index contributed by atoms with van der Waals surface area (Å²) in [5, 5.41) is 0.641. The van der Waals surface area contributed by atoms with Crippen LogP contribution in [-0.4, -0.2) is 29.7 Å². The minimum atomic E-state index is -0.577. The summed E-state index contributed by atoms with van der Waals surface area (Å²) in [6, 6.07) is 4.83. The van der Waals surface area contributed by atoms with E-state index in [1.165, 1.54) is 7.11 Å². The van der Waals surface area contributed by atoms with Crippen molar-refractivity contribution in [2.24, 2.45) is 7.05 Å². The minimum Gasteiger partial charge on any atom is -0.465 e.